The number of allylic oxidation sites excluding steroid dienone is 5. The Balaban J connectivity index is 2.90. The lowest BCUT2D eigenvalue weighted by atomic mass is 9.49. The molecule has 1 saturated carbocycles. The van der Waals surface area contributed by atoms with E-state index in [9.17, 15) is 14.4 Å². The van der Waals surface area contributed by atoms with Crippen molar-refractivity contribution < 1.29 is 19.1 Å². The highest BCUT2D eigenvalue weighted by molar-refractivity contribution is 6.33. The number of methoxy groups -OCH3 is 1. The summed E-state index contributed by atoms with van der Waals surface area (Å²) < 4.78 is 5.56. The molecule has 0 amide bonds. The molecule has 2 aliphatic rings. The molecule has 0 saturated heterocycles. The van der Waals surface area contributed by atoms with Crippen molar-refractivity contribution in [1.29, 1.82) is 0 Å². The molecule has 4 nitrogen and oxygen atoms in total. The molecule has 2 rings (SSSR count). The van der Waals surface area contributed by atoms with Crippen LogP contribution < -0.4 is 0 Å². The Kier molecular flexibility index (Phi) is 5.03. The highest BCUT2D eigenvalue weighted by Crippen LogP contribution is 2.58. The van der Waals surface area contributed by atoms with Gasteiger partial charge in [-0.25, -0.2) is 0 Å². The van der Waals surface area contributed by atoms with Crippen molar-refractivity contribution in [3.8, 4) is 0 Å². The zero-order valence-corrected chi connectivity index (χ0v) is 15.3. The average Bonchev–Trinajstić information content (AvgIpc) is 2.55. The van der Waals surface area contributed by atoms with Crippen LogP contribution in [0.3, 0.4) is 0 Å². The number of Topliss-reactive ketones (excluding diaryl/α,β-unsaturated/α-hetero) is 3. The molecular formula is C21H26O4. The third-order valence-electron chi connectivity index (χ3n) is 5.25. The first-order chi connectivity index (χ1) is 11.7. The van der Waals surface area contributed by atoms with E-state index in [2.05, 4.69) is 19.7 Å². The number of hydrogen-bond acceptors (Lipinski definition) is 4. The minimum Gasteiger partial charge on any atom is -0.500 e. The van der Waals surface area contributed by atoms with Gasteiger partial charge in [-0.15, -0.1) is 13.2 Å². The number of carbonyl (C=O) groups is 3. The SMILES string of the molecule is C=CCC1=C(OC)[C@]2(CC=C)CC(=C)C[C@](C(=O)C(C)C)(C1=O)C2=O. The van der Waals surface area contributed by atoms with Crippen LogP contribution in [0.5, 0.6) is 0 Å². The molecular weight excluding hydrogens is 316 g/mol. The van der Waals surface area contributed by atoms with Gasteiger partial charge in [-0.1, -0.05) is 38.2 Å². The van der Waals surface area contributed by atoms with Crippen molar-refractivity contribution in [2.75, 3.05) is 7.11 Å². The minimum atomic E-state index is -1.69. The number of ether oxygens (including phenoxy) is 1. The van der Waals surface area contributed by atoms with Crippen LogP contribution in [0.2, 0.25) is 0 Å². The van der Waals surface area contributed by atoms with Gasteiger partial charge in [-0.3, -0.25) is 14.4 Å². The summed E-state index contributed by atoms with van der Waals surface area (Å²) in [5.74, 6) is -1.24. The molecule has 0 heterocycles. The number of carbonyl (C=O) groups excluding carboxylic acids is 3. The smallest absolute Gasteiger partial charge is 0.183 e. The Morgan fingerprint density at radius 2 is 1.88 bits per heavy atom. The molecule has 0 unspecified atom stereocenters. The summed E-state index contributed by atoms with van der Waals surface area (Å²) in [6.45, 7) is 14.9. The topological polar surface area (TPSA) is 60.4 Å². The third-order valence-corrected chi connectivity index (χ3v) is 5.25. The van der Waals surface area contributed by atoms with Gasteiger partial charge in [0.25, 0.3) is 0 Å². The summed E-state index contributed by atoms with van der Waals surface area (Å²) in [5.41, 5.74) is -1.67. The molecule has 134 valence electrons. The zero-order chi connectivity index (χ0) is 19.0. The van der Waals surface area contributed by atoms with Gasteiger partial charge in [0.2, 0.25) is 0 Å². The molecule has 0 aromatic carbocycles. The van der Waals surface area contributed by atoms with Gasteiger partial charge < -0.3 is 4.74 Å². The lowest BCUT2D eigenvalue weighted by Crippen LogP contribution is -2.61. The molecule has 2 bridgehead atoms. The number of hydrogen-bond donors (Lipinski definition) is 0. The Morgan fingerprint density at radius 1 is 1.24 bits per heavy atom. The van der Waals surface area contributed by atoms with E-state index in [-0.39, 0.29) is 24.4 Å². The standard InChI is InChI=1S/C21H26O4/c1-7-9-15-17(23)21(16(22)13(3)4)12-14(5)11-20(10-8-2,19(21)24)18(15)25-6/h7-8,13H,1-2,5,9-12H2,3-4,6H3/t20-,21-/m0/s1. The fraction of sp³-hybridized carbons (Fsp3) is 0.476. The second-order valence-corrected chi connectivity index (χ2v) is 7.27. The van der Waals surface area contributed by atoms with Crippen LogP contribution in [-0.4, -0.2) is 24.5 Å². The second-order valence-electron chi connectivity index (χ2n) is 7.27. The van der Waals surface area contributed by atoms with Gasteiger partial charge in [-0.05, 0) is 25.7 Å². The molecule has 0 radical (unpaired) electrons. The van der Waals surface area contributed by atoms with Crippen molar-refractivity contribution in [3.63, 3.8) is 0 Å². The fourth-order valence-corrected chi connectivity index (χ4v) is 4.41. The first-order valence-corrected chi connectivity index (χ1v) is 8.53. The van der Waals surface area contributed by atoms with E-state index < -0.39 is 22.5 Å². The Bertz CT molecular complexity index is 709. The first-order valence-electron chi connectivity index (χ1n) is 8.53. The molecule has 0 spiro atoms. The molecule has 2 atom stereocenters. The van der Waals surface area contributed by atoms with Crippen LogP contribution in [0, 0.1) is 16.7 Å². The van der Waals surface area contributed by atoms with Crippen LogP contribution in [0.25, 0.3) is 0 Å². The number of rotatable bonds is 7. The molecule has 25 heavy (non-hydrogen) atoms. The van der Waals surface area contributed by atoms with Crippen molar-refractivity contribution in [2.45, 2.75) is 39.5 Å². The lowest BCUT2D eigenvalue weighted by Gasteiger charge is -2.50. The molecule has 4 heteroatoms. The van der Waals surface area contributed by atoms with Crippen molar-refractivity contribution in [2.24, 2.45) is 16.7 Å². The molecule has 2 aliphatic carbocycles. The quantitative estimate of drug-likeness (QED) is 0.522. The van der Waals surface area contributed by atoms with Crippen LogP contribution in [0.1, 0.15) is 39.5 Å². The highest BCUT2D eigenvalue weighted by Gasteiger charge is 2.67. The molecule has 1 fully saturated rings. The number of ketones is 3. The third kappa shape index (κ3) is 2.46. The van der Waals surface area contributed by atoms with Crippen LogP contribution >= 0.6 is 0 Å². The summed E-state index contributed by atoms with van der Waals surface area (Å²) >= 11 is 0. The molecule has 0 aromatic rings. The number of fused-ring (bicyclic) bond motifs is 2. The van der Waals surface area contributed by atoms with Gasteiger partial charge in [0.15, 0.2) is 22.8 Å². The van der Waals surface area contributed by atoms with Crippen molar-refractivity contribution >= 4 is 17.3 Å². The van der Waals surface area contributed by atoms with E-state index >= 15 is 0 Å². The minimum absolute atomic E-state index is 0.0816. The maximum atomic E-state index is 13.6. The van der Waals surface area contributed by atoms with E-state index in [1.165, 1.54) is 7.11 Å². The van der Waals surface area contributed by atoms with E-state index in [0.29, 0.717) is 24.2 Å². The van der Waals surface area contributed by atoms with E-state index in [0.717, 1.165) is 5.57 Å². The Morgan fingerprint density at radius 3 is 2.36 bits per heavy atom. The highest BCUT2D eigenvalue weighted by atomic mass is 16.5. The summed E-state index contributed by atoms with van der Waals surface area (Å²) in [5, 5.41) is 0. The van der Waals surface area contributed by atoms with E-state index in [4.69, 9.17) is 4.74 Å². The maximum absolute atomic E-state index is 13.6. The van der Waals surface area contributed by atoms with E-state index in [1.807, 2.05) is 0 Å². The van der Waals surface area contributed by atoms with E-state index in [1.54, 1.807) is 26.0 Å². The molecule has 0 aliphatic heterocycles. The van der Waals surface area contributed by atoms with Gasteiger partial charge in [-0.2, -0.15) is 0 Å². The normalized spacial score (nSPS) is 29.0. The summed E-state index contributed by atoms with van der Waals surface area (Å²) in [7, 11) is 1.46. The lowest BCUT2D eigenvalue weighted by molar-refractivity contribution is -0.158. The average molecular weight is 342 g/mol. The Labute approximate surface area is 149 Å². The van der Waals surface area contributed by atoms with Crippen LogP contribution in [0.15, 0.2) is 48.8 Å². The van der Waals surface area contributed by atoms with Gasteiger partial charge in [0.05, 0.1) is 12.5 Å². The second kappa shape index (κ2) is 6.58. The predicted octanol–water partition coefficient (Wildman–Crippen LogP) is 3.74. The summed E-state index contributed by atoms with van der Waals surface area (Å²) in [6.07, 6.45) is 4.24. The van der Waals surface area contributed by atoms with Crippen molar-refractivity contribution in [1.82, 2.24) is 0 Å². The molecule has 0 N–H and O–H groups in total. The van der Waals surface area contributed by atoms with Crippen LogP contribution in [-0.2, 0) is 19.1 Å². The first kappa shape index (κ1) is 19.1. The largest absolute Gasteiger partial charge is 0.500 e. The summed E-state index contributed by atoms with van der Waals surface area (Å²) in [6, 6.07) is 0. The summed E-state index contributed by atoms with van der Waals surface area (Å²) in [4.78, 5) is 40.1. The Hall–Kier alpha value is -2.23. The molecule has 0 aromatic heterocycles. The monoisotopic (exact) mass is 342 g/mol. The predicted molar refractivity (Wildman–Crippen MR) is 96.8 cm³/mol. The van der Waals surface area contributed by atoms with Gasteiger partial charge >= 0.3 is 0 Å². The van der Waals surface area contributed by atoms with Crippen molar-refractivity contribution in [3.05, 3.63) is 48.8 Å². The maximum Gasteiger partial charge on any atom is 0.183 e. The van der Waals surface area contributed by atoms with Crippen LogP contribution in [0.4, 0.5) is 0 Å². The van der Waals surface area contributed by atoms with Gasteiger partial charge in [0.1, 0.15) is 5.76 Å². The van der Waals surface area contributed by atoms with Gasteiger partial charge in [0, 0.05) is 11.5 Å². The zero-order valence-electron chi connectivity index (χ0n) is 15.3. The fourth-order valence-electron chi connectivity index (χ4n) is 4.41.